The van der Waals surface area contributed by atoms with Crippen molar-refractivity contribution in [2.24, 2.45) is 23.7 Å². The molecule has 5 rings (SSSR count). The molecule has 0 spiro atoms. The van der Waals surface area contributed by atoms with Gasteiger partial charge in [0.1, 0.15) is 16.8 Å². The average molecular weight is 504 g/mol. The highest BCUT2D eigenvalue weighted by Gasteiger charge is 2.54. The zero-order valence-corrected chi connectivity index (χ0v) is 21.6. The maximum Gasteiger partial charge on any atom is 0.239 e. The lowest BCUT2D eigenvalue weighted by Gasteiger charge is -2.40. The predicted molar refractivity (Wildman–Crippen MR) is 134 cm³/mol. The highest BCUT2D eigenvalue weighted by Crippen LogP contribution is 2.40. The number of fused-ring (bicyclic) bond motifs is 1. The molecule has 1 aromatic carbocycles. The molecule has 4 aliphatic heterocycles. The number of carbonyl (C=O) groups excluding carboxylic acids is 1. The minimum absolute atomic E-state index is 0.0158. The zero-order valence-electron chi connectivity index (χ0n) is 20.8. The second-order valence-corrected chi connectivity index (χ2v) is 13.1. The lowest BCUT2D eigenvalue weighted by atomic mass is 9.75. The van der Waals surface area contributed by atoms with Crippen molar-refractivity contribution in [2.75, 3.05) is 39.3 Å². The molecule has 0 saturated carbocycles. The zero-order chi connectivity index (χ0) is 24.6. The van der Waals surface area contributed by atoms with Gasteiger partial charge in [-0.3, -0.25) is 4.79 Å². The van der Waals surface area contributed by atoms with Crippen LogP contribution in [0, 0.1) is 28.6 Å². The van der Waals surface area contributed by atoms with Gasteiger partial charge in [0, 0.05) is 26.2 Å². The standard InChI is InChI=1S/C26H39N4O4S/c1-20-7-12-27(13-8-20)26(31)24-18-30(32)29-16-11-23(17-25(24)29)22-9-14-28(15-10-22)35(33,34)19-21-5-3-2-4-6-21/h2-6,20,22-25H,7-19H2,1H3/q+1. The third-order valence-electron chi connectivity index (χ3n) is 8.92. The molecule has 1 amide bonds. The van der Waals surface area contributed by atoms with Gasteiger partial charge in [-0.05, 0) is 61.8 Å². The molecular formula is C26H39N4O4S+. The molecule has 4 saturated heterocycles. The molecule has 0 bridgehead atoms. The van der Waals surface area contributed by atoms with Crippen molar-refractivity contribution < 1.29 is 18.1 Å². The molecule has 0 radical (unpaired) electrons. The number of likely N-dealkylation sites (tertiary alicyclic amines) is 1. The quantitative estimate of drug-likeness (QED) is 0.577. The first-order valence-electron chi connectivity index (χ1n) is 13.3. The highest BCUT2D eigenvalue weighted by atomic mass is 32.2. The van der Waals surface area contributed by atoms with E-state index in [1.165, 1.54) is 0 Å². The van der Waals surface area contributed by atoms with Crippen LogP contribution >= 0.6 is 0 Å². The van der Waals surface area contributed by atoms with E-state index >= 15 is 0 Å². The van der Waals surface area contributed by atoms with Gasteiger partial charge in [0.25, 0.3) is 0 Å². The summed E-state index contributed by atoms with van der Waals surface area (Å²) in [6.45, 7) is 5.95. The number of carbonyl (C=O) groups is 1. The molecule has 0 aliphatic carbocycles. The van der Waals surface area contributed by atoms with E-state index in [0.717, 1.165) is 62.0 Å². The molecule has 4 fully saturated rings. The van der Waals surface area contributed by atoms with Crippen LogP contribution in [0.25, 0.3) is 0 Å². The largest absolute Gasteiger partial charge is 0.342 e. The molecule has 35 heavy (non-hydrogen) atoms. The fourth-order valence-electron chi connectivity index (χ4n) is 6.69. The first-order chi connectivity index (χ1) is 16.8. The molecule has 192 valence electrons. The van der Waals surface area contributed by atoms with Gasteiger partial charge in [-0.15, -0.1) is 5.01 Å². The van der Waals surface area contributed by atoms with Gasteiger partial charge in [0.05, 0.1) is 17.2 Å². The second-order valence-electron chi connectivity index (χ2n) is 11.1. The number of nitrogens with zero attached hydrogens (tertiary/aromatic N) is 4. The number of rotatable bonds is 5. The summed E-state index contributed by atoms with van der Waals surface area (Å²) in [6.07, 6.45) is 5.61. The summed E-state index contributed by atoms with van der Waals surface area (Å²) in [7, 11) is -3.32. The van der Waals surface area contributed by atoms with Crippen molar-refractivity contribution in [2.45, 2.75) is 57.2 Å². The summed E-state index contributed by atoms with van der Waals surface area (Å²) in [5.74, 6) is 1.53. The molecule has 1 aromatic rings. The van der Waals surface area contributed by atoms with Crippen LogP contribution in [-0.4, -0.2) is 78.7 Å². The Bertz CT molecular complexity index is 1020. The van der Waals surface area contributed by atoms with Crippen LogP contribution < -0.4 is 0 Å². The van der Waals surface area contributed by atoms with Gasteiger partial charge >= 0.3 is 0 Å². The summed E-state index contributed by atoms with van der Waals surface area (Å²) in [5.41, 5.74) is 0.823. The van der Waals surface area contributed by atoms with Crippen molar-refractivity contribution >= 4 is 15.9 Å². The lowest BCUT2D eigenvalue weighted by Crippen LogP contribution is -2.50. The number of hydrogen-bond donors (Lipinski definition) is 0. The number of hydrogen-bond acceptors (Lipinski definition) is 4. The van der Waals surface area contributed by atoms with Crippen LogP contribution in [-0.2, 0) is 20.6 Å². The summed E-state index contributed by atoms with van der Waals surface area (Å²) < 4.78 is 27.6. The molecule has 4 heterocycles. The third kappa shape index (κ3) is 5.26. The highest BCUT2D eigenvalue weighted by molar-refractivity contribution is 7.88. The van der Waals surface area contributed by atoms with Crippen molar-refractivity contribution in [3.63, 3.8) is 0 Å². The fraction of sp³-hybridized carbons (Fsp3) is 0.731. The van der Waals surface area contributed by atoms with E-state index in [9.17, 15) is 18.1 Å². The Morgan fingerprint density at radius 3 is 2.29 bits per heavy atom. The molecule has 0 N–H and O–H groups in total. The molecule has 0 aromatic heterocycles. The van der Waals surface area contributed by atoms with Crippen molar-refractivity contribution in [1.29, 1.82) is 0 Å². The number of sulfonamides is 1. The van der Waals surface area contributed by atoms with Gasteiger partial charge in [-0.1, -0.05) is 37.3 Å². The van der Waals surface area contributed by atoms with E-state index in [2.05, 4.69) is 6.92 Å². The topological polar surface area (TPSA) is 81.0 Å². The van der Waals surface area contributed by atoms with Gasteiger partial charge in [0.15, 0.2) is 0 Å². The van der Waals surface area contributed by atoms with Crippen molar-refractivity contribution in [1.82, 2.24) is 14.2 Å². The maximum atomic E-state index is 13.4. The van der Waals surface area contributed by atoms with Gasteiger partial charge < -0.3 is 4.90 Å². The van der Waals surface area contributed by atoms with Crippen LogP contribution in [0.1, 0.15) is 51.0 Å². The van der Waals surface area contributed by atoms with E-state index in [1.807, 2.05) is 40.2 Å². The number of benzene rings is 1. The van der Waals surface area contributed by atoms with E-state index < -0.39 is 10.0 Å². The van der Waals surface area contributed by atoms with Crippen LogP contribution in [0.3, 0.4) is 0 Å². The molecular weight excluding hydrogens is 464 g/mol. The Kier molecular flexibility index (Phi) is 7.17. The first kappa shape index (κ1) is 24.7. The number of piperidine rings is 3. The third-order valence-corrected chi connectivity index (χ3v) is 10.8. The Balaban J connectivity index is 1.18. The molecule has 4 aliphatic rings. The fourth-order valence-corrected chi connectivity index (χ4v) is 8.26. The molecule has 9 heteroatoms. The van der Waals surface area contributed by atoms with E-state index in [0.29, 0.717) is 37.4 Å². The normalized spacial score (nSPS) is 29.4. The summed E-state index contributed by atoms with van der Waals surface area (Å²) in [6, 6.07) is 9.35. The number of amides is 1. The minimum atomic E-state index is -3.32. The van der Waals surface area contributed by atoms with Crippen molar-refractivity contribution in [3.05, 3.63) is 40.8 Å². The number of nitroso groups, excluding NO2 is 1. The smallest absolute Gasteiger partial charge is 0.239 e. The Morgan fingerprint density at radius 1 is 0.943 bits per heavy atom. The van der Waals surface area contributed by atoms with Gasteiger partial charge in [-0.2, -0.15) is 0 Å². The monoisotopic (exact) mass is 503 g/mol. The SMILES string of the molecule is CC1CCN(C(=O)C2C[N+](=O)N3CCC(C4CCN(S(=O)(=O)Cc5ccccc5)CC4)CC23)CC1. The average Bonchev–Trinajstić information content (AvgIpc) is 3.20. The van der Waals surface area contributed by atoms with Gasteiger partial charge in [-0.25, -0.2) is 12.7 Å². The predicted octanol–water partition coefficient (Wildman–Crippen LogP) is 2.89. The maximum absolute atomic E-state index is 13.4. The lowest BCUT2D eigenvalue weighted by molar-refractivity contribution is -0.692. The van der Waals surface area contributed by atoms with E-state index in [-0.39, 0.29) is 30.2 Å². The molecule has 8 nitrogen and oxygen atoms in total. The van der Waals surface area contributed by atoms with E-state index in [1.54, 1.807) is 4.31 Å². The van der Waals surface area contributed by atoms with Crippen molar-refractivity contribution in [3.8, 4) is 0 Å². The van der Waals surface area contributed by atoms with Crippen LogP contribution in [0.2, 0.25) is 0 Å². The minimum Gasteiger partial charge on any atom is -0.342 e. The number of hydrazine groups is 1. The second kappa shape index (κ2) is 10.2. The van der Waals surface area contributed by atoms with Crippen LogP contribution in [0.5, 0.6) is 0 Å². The van der Waals surface area contributed by atoms with Crippen LogP contribution in [0.4, 0.5) is 0 Å². The first-order valence-corrected chi connectivity index (χ1v) is 14.9. The Hall–Kier alpha value is -2.00. The Morgan fingerprint density at radius 2 is 1.60 bits per heavy atom. The summed E-state index contributed by atoms with van der Waals surface area (Å²) in [4.78, 5) is 29.0. The Labute approximate surface area is 209 Å². The van der Waals surface area contributed by atoms with E-state index in [4.69, 9.17) is 0 Å². The molecule has 3 unspecified atom stereocenters. The summed E-state index contributed by atoms with van der Waals surface area (Å²) >= 11 is 0. The molecule has 3 atom stereocenters. The van der Waals surface area contributed by atoms with Crippen LogP contribution in [0.15, 0.2) is 30.3 Å². The summed E-state index contributed by atoms with van der Waals surface area (Å²) in [5, 5.41) is 1.89. The van der Waals surface area contributed by atoms with Gasteiger partial charge in [0.2, 0.25) is 22.5 Å².